The Morgan fingerprint density at radius 3 is 2.95 bits per heavy atom. The Morgan fingerprint density at radius 2 is 2.30 bits per heavy atom. The van der Waals surface area contributed by atoms with Gasteiger partial charge in [-0.15, -0.1) is 0 Å². The number of hydrogen-bond donors (Lipinski definition) is 0. The summed E-state index contributed by atoms with van der Waals surface area (Å²) in [5.74, 6) is -0.0470. The molecule has 0 aliphatic heterocycles. The van der Waals surface area contributed by atoms with Gasteiger partial charge < -0.3 is 9.53 Å². The van der Waals surface area contributed by atoms with Gasteiger partial charge in [0, 0.05) is 11.8 Å². The Kier molecular flexibility index (Phi) is 4.79. The molecular weight excluding hydrogens is 252 g/mol. The van der Waals surface area contributed by atoms with Crippen LogP contribution in [0.15, 0.2) is 23.8 Å². The van der Waals surface area contributed by atoms with Gasteiger partial charge in [0.05, 0.1) is 5.92 Å². The molecule has 2 aliphatic carbocycles. The van der Waals surface area contributed by atoms with E-state index >= 15 is 0 Å². The normalized spacial score (nSPS) is 33.9. The first-order valence-electron chi connectivity index (χ1n) is 7.62. The first kappa shape index (κ1) is 15.0. The largest absolute Gasteiger partial charge is 0.461 e. The minimum atomic E-state index is -0.154. The van der Waals surface area contributed by atoms with Crippen LogP contribution in [0.2, 0.25) is 0 Å². The lowest BCUT2D eigenvalue weighted by molar-refractivity contribution is -0.158. The van der Waals surface area contributed by atoms with Gasteiger partial charge >= 0.3 is 5.97 Å². The molecule has 0 N–H and O–H groups in total. The lowest BCUT2D eigenvalue weighted by atomic mass is 9.69. The summed E-state index contributed by atoms with van der Waals surface area (Å²) in [6.45, 7) is 5.93. The second-order valence-electron chi connectivity index (χ2n) is 6.02. The average Bonchev–Trinajstić information content (AvgIpc) is 2.46. The van der Waals surface area contributed by atoms with Crippen LogP contribution in [0.4, 0.5) is 0 Å². The minimum Gasteiger partial charge on any atom is -0.461 e. The number of aldehydes is 1. The van der Waals surface area contributed by atoms with Gasteiger partial charge in [0.15, 0.2) is 0 Å². The number of carbonyl (C=O) groups is 2. The summed E-state index contributed by atoms with van der Waals surface area (Å²) in [6.07, 6.45) is 9.75. The Hall–Kier alpha value is -1.38. The Bertz CT molecular complexity index is 436. The van der Waals surface area contributed by atoms with Gasteiger partial charge in [-0.05, 0) is 30.8 Å². The van der Waals surface area contributed by atoms with Crippen molar-refractivity contribution in [2.24, 2.45) is 23.7 Å². The van der Waals surface area contributed by atoms with Crippen LogP contribution in [-0.4, -0.2) is 18.4 Å². The van der Waals surface area contributed by atoms with Gasteiger partial charge in [-0.2, -0.15) is 0 Å². The van der Waals surface area contributed by atoms with Crippen molar-refractivity contribution in [1.82, 2.24) is 0 Å². The number of rotatable bonds is 4. The Balaban J connectivity index is 2.18. The molecule has 3 nitrogen and oxygen atoms in total. The van der Waals surface area contributed by atoms with E-state index in [1.165, 1.54) is 0 Å². The van der Waals surface area contributed by atoms with E-state index in [9.17, 15) is 9.59 Å². The summed E-state index contributed by atoms with van der Waals surface area (Å²) in [4.78, 5) is 23.5. The van der Waals surface area contributed by atoms with Crippen molar-refractivity contribution < 1.29 is 14.3 Å². The van der Waals surface area contributed by atoms with E-state index in [-0.39, 0.29) is 35.7 Å². The number of allylic oxidation sites excluding steroid dienone is 3. The third-order valence-corrected chi connectivity index (χ3v) is 4.67. The van der Waals surface area contributed by atoms with E-state index in [0.717, 1.165) is 31.1 Å². The second kappa shape index (κ2) is 6.38. The molecule has 110 valence electrons. The fourth-order valence-electron chi connectivity index (χ4n) is 3.08. The summed E-state index contributed by atoms with van der Waals surface area (Å²) in [6, 6.07) is 0. The molecule has 0 bridgehead atoms. The van der Waals surface area contributed by atoms with Crippen LogP contribution >= 0.6 is 0 Å². The zero-order valence-electron chi connectivity index (χ0n) is 12.5. The summed E-state index contributed by atoms with van der Waals surface area (Å²) in [7, 11) is 0. The fraction of sp³-hybridized carbons (Fsp3) is 0.647. The fourth-order valence-corrected chi connectivity index (χ4v) is 3.08. The molecule has 0 spiro atoms. The smallest absolute Gasteiger partial charge is 0.308 e. The van der Waals surface area contributed by atoms with E-state index < -0.39 is 0 Å². The molecule has 2 rings (SSSR count). The second-order valence-corrected chi connectivity index (χ2v) is 6.02. The predicted octanol–water partition coefficient (Wildman–Crippen LogP) is 3.30. The first-order valence-corrected chi connectivity index (χ1v) is 7.62. The summed E-state index contributed by atoms with van der Waals surface area (Å²) in [5, 5.41) is 0. The summed E-state index contributed by atoms with van der Waals surface area (Å²) < 4.78 is 5.72. The van der Waals surface area contributed by atoms with E-state index in [0.29, 0.717) is 0 Å². The highest BCUT2D eigenvalue weighted by atomic mass is 16.5. The lowest BCUT2D eigenvalue weighted by Gasteiger charge is -2.39. The SMILES string of the molecule is CCC(C)C(=O)O[C@@H]1CCC=C2C=C[C@@H](C)[C@@H](C=O)[C@@H]21. The van der Waals surface area contributed by atoms with Crippen molar-refractivity contribution in [3.63, 3.8) is 0 Å². The standard InChI is InChI=1S/C17H24O3/c1-4-11(2)17(19)20-15-7-5-6-13-9-8-12(3)14(10-18)16(13)15/h6,8-12,14-16H,4-5,7H2,1-3H3/t11?,12-,14-,15-,16-/m1/s1. The van der Waals surface area contributed by atoms with Gasteiger partial charge in [-0.25, -0.2) is 0 Å². The average molecular weight is 276 g/mol. The molecule has 0 aromatic rings. The van der Waals surface area contributed by atoms with Gasteiger partial charge in [0.1, 0.15) is 12.4 Å². The third kappa shape index (κ3) is 2.87. The van der Waals surface area contributed by atoms with Crippen molar-refractivity contribution in [2.75, 3.05) is 0 Å². The number of ether oxygens (including phenoxy) is 1. The van der Waals surface area contributed by atoms with E-state index in [4.69, 9.17) is 4.74 Å². The molecule has 0 saturated carbocycles. The molecule has 0 fully saturated rings. The highest BCUT2D eigenvalue weighted by Crippen LogP contribution is 2.40. The van der Waals surface area contributed by atoms with Crippen molar-refractivity contribution >= 4 is 12.3 Å². The van der Waals surface area contributed by atoms with Crippen molar-refractivity contribution in [1.29, 1.82) is 0 Å². The first-order chi connectivity index (χ1) is 9.58. The molecule has 0 aromatic carbocycles. The van der Waals surface area contributed by atoms with E-state index in [1.807, 2.05) is 13.8 Å². The molecule has 0 radical (unpaired) electrons. The van der Waals surface area contributed by atoms with Crippen molar-refractivity contribution in [3.8, 4) is 0 Å². The molecule has 0 saturated heterocycles. The van der Waals surface area contributed by atoms with Crippen molar-refractivity contribution in [3.05, 3.63) is 23.8 Å². The highest BCUT2D eigenvalue weighted by Gasteiger charge is 2.40. The quantitative estimate of drug-likeness (QED) is 0.584. The molecule has 5 atom stereocenters. The maximum absolute atomic E-state index is 12.0. The number of carbonyl (C=O) groups excluding carboxylic acids is 2. The number of hydrogen-bond acceptors (Lipinski definition) is 3. The monoisotopic (exact) mass is 276 g/mol. The number of esters is 1. The topological polar surface area (TPSA) is 43.4 Å². The van der Waals surface area contributed by atoms with Gasteiger partial charge in [-0.1, -0.05) is 39.0 Å². The summed E-state index contributed by atoms with van der Waals surface area (Å²) >= 11 is 0. The van der Waals surface area contributed by atoms with Crippen molar-refractivity contribution in [2.45, 2.75) is 46.1 Å². The van der Waals surface area contributed by atoms with Gasteiger partial charge in [0.25, 0.3) is 0 Å². The van der Waals surface area contributed by atoms with Gasteiger partial charge in [0.2, 0.25) is 0 Å². The van der Waals surface area contributed by atoms with E-state index in [2.05, 4.69) is 25.2 Å². The van der Waals surface area contributed by atoms with Crippen LogP contribution in [0.25, 0.3) is 0 Å². The highest BCUT2D eigenvalue weighted by molar-refractivity contribution is 5.72. The summed E-state index contributed by atoms with van der Waals surface area (Å²) in [5.41, 5.74) is 1.16. The van der Waals surface area contributed by atoms with Crippen LogP contribution in [0.3, 0.4) is 0 Å². The maximum atomic E-state index is 12.0. The van der Waals surface area contributed by atoms with Crippen LogP contribution in [-0.2, 0) is 14.3 Å². The molecule has 2 aliphatic rings. The zero-order valence-corrected chi connectivity index (χ0v) is 12.5. The van der Waals surface area contributed by atoms with Gasteiger partial charge in [-0.3, -0.25) is 4.79 Å². The molecular formula is C17H24O3. The van der Waals surface area contributed by atoms with Crippen LogP contribution in [0.5, 0.6) is 0 Å². The molecule has 0 aromatic heterocycles. The number of fused-ring (bicyclic) bond motifs is 1. The Labute approximate surface area is 121 Å². The molecule has 0 amide bonds. The lowest BCUT2D eigenvalue weighted by Crippen LogP contribution is -2.40. The maximum Gasteiger partial charge on any atom is 0.308 e. The molecule has 1 unspecified atom stereocenters. The predicted molar refractivity (Wildman–Crippen MR) is 78.0 cm³/mol. The molecule has 0 heterocycles. The molecule has 20 heavy (non-hydrogen) atoms. The van der Waals surface area contributed by atoms with Crippen LogP contribution in [0, 0.1) is 23.7 Å². The van der Waals surface area contributed by atoms with Crippen LogP contribution in [0.1, 0.15) is 40.0 Å². The minimum absolute atomic E-state index is 0.0363. The van der Waals surface area contributed by atoms with E-state index in [1.54, 1.807) is 0 Å². The zero-order chi connectivity index (χ0) is 14.7. The van der Waals surface area contributed by atoms with Crippen LogP contribution < -0.4 is 0 Å². The third-order valence-electron chi connectivity index (χ3n) is 4.67. The Morgan fingerprint density at radius 1 is 1.55 bits per heavy atom. The molecule has 3 heteroatoms.